The Kier molecular flexibility index (Phi) is 3.52. The van der Waals surface area contributed by atoms with Crippen molar-refractivity contribution in [3.63, 3.8) is 0 Å². The average Bonchev–Trinajstić information content (AvgIpc) is 2.39. The maximum absolute atomic E-state index is 10.8. The molecule has 0 atom stereocenters. The maximum Gasteiger partial charge on any atom is 0.407 e. The lowest BCUT2D eigenvalue weighted by Gasteiger charge is -2.36. The first-order valence-corrected chi connectivity index (χ1v) is 5.94. The largest absolute Gasteiger partial charge is 0.465 e. The van der Waals surface area contributed by atoms with Gasteiger partial charge in [-0.05, 0) is 25.0 Å². The summed E-state index contributed by atoms with van der Waals surface area (Å²) in [5.41, 5.74) is 1.20. The zero-order chi connectivity index (χ0) is 12.3. The van der Waals surface area contributed by atoms with Crippen molar-refractivity contribution in [2.75, 3.05) is 25.0 Å². The van der Waals surface area contributed by atoms with Crippen LogP contribution in [0, 0.1) is 0 Å². The lowest BCUT2D eigenvalue weighted by molar-refractivity contribution is 0.132. The van der Waals surface area contributed by atoms with Crippen molar-refractivity contribution < 1.29 is 9.90 Å². The molecule has 1 aliphatic rings. The molecule has 0 spiro atoms. The summed E-state index contributed by atoms with van der Waals surface area (Å²) in [5, 5.41) is 8.89. The van der Waals surface area contributed by atoms with Crippen LogP contribution in [0.25, 0.3) is 0 Å². The highest BCUT2D eigenvalue weighted by atomic mass is 16.4. The van der Waals surface area contributed by atoms with Crippen LogP contribution >= 0.6 is 0 Å². The van der Waals surface area contributed by atoms with Gasteiger partial charge in [0.15, 0.2) is 0 Å². The average molecular weight is 234 g/mol. The van der Waals surface area contributed by atoms with Crippen molar-refractivity contribution in [1.29, 1.82) is 0 Å². The third-order valence-electron chi connectivity index (χ3n) is 3.45. The van der Waals surface area contributed by atoms with E-state index in [4.69, 9.17) is 5.11 Å². The van der Waals surface area contributed by atoms with E-state index in [1.165, 1.54) is 10.6 Å². The van der Waals surface area contributed by atoms with Crippen LogP contribution in [0.15, 0.2) is 30.3 Å². The van der Waals surface area contributed by atoms with Gasteiger partial charge in [-0.2, -0.15) is 0 Å². The molecule has 4 heteroatoms. The smallest absolute Gasteiger partial charge is 0.407 e. The van der Waals surface area contributed by atoms with Gasteiger partial charge in [-0.25, -0.2) is 4.79 Å². The Bertz CT molecular complexity index is 372. The molecule has 0 radical (unpaired) electrons. The Morgan fingerprint density at radius 1 is 1.29 bits per heavy atom. The summed E-state index contributed by atoms with van der Waals surface area (Å²) in [6.45, 7) is 1.27. The second kappa shape index (κ2) is 5.08. The fourth-order valence-corrected chi connectivity index (χ4v) is 2.32. The summed E-state index contributed by atoms with van der Waals surface area (Å²) >= 11 is 0. The molecule has 0 bridgehead atoms. The molecular formula is C13H18N2O2. The van der Waals surface area contributed by atoms with Crippen LogP contribution in [-0.2, 0) is 0 Å². The lowest BCUT2D eigenvalue weighted by Crippen LogP contribution is -2.45. The number of carboxylic acid groups (broad SMARTS) is 1. The number of amides is 1. The van der Waals surface area contributed by atoms with Crippen molar-refractivity contribution >= 4 is 11.8 Å². The van der Waals surface area contributed by atoms with E-state index < -0.39 is 6.09 Å². The zero-order valence-corrected chi connectivity index (χ0v) is 10.0. The monoisotopic (exact) mass is 234 g/mol. The molecular weight excluding hydrogens is 216 g/mol. The van der Waals surface area contributed by atoms with E-state index >= 15 is 0 Å². The van der Waals surface area contributed by atoms with Crippen LogP contribution in [0.4, 0.5) is 10.5 Å². The summed E-state index contributed by atoms with van der Waals surface area (Å²) in [5.74, 6) is 0. The molecule has 1 N–H and O–H groups in total. The number of nitrogens with zero attached hydrogens (tertiary/aromatic N) is 2. The number of hydrogen-bond donors (Lipinski definition) is 1. The molecule has 1 aromatic rings. The van der Waals surface area contributed by atoms with E-state index in [0.29, 0.717) is 19.1 Å². The molecule has 0 unspecified atom stereocenters. The van der Waals surface area contributed by atoms with Gasteiger partial charge in [0.25, 0.3) is 0 Å². The van der Waals surface area contributed by atoms with Gasteiger partial charge < -0.3 is 14.9 Å². The van der Waals surface area contributed by atoms with Gasteiger partial charge in [0.1, 0.15) is 0 Å². The first kappa shape index (κ1) is 11.8. The highest BCUT2D eigenvalue weighted by molar-refractivity contribution is 5.65. The number of benzene rings is 1. The number of carbonyl (C=O) groups is 1. The molecule has 2 rings (SSSR count). The van der Waals surface area contributed by atoms with E-state index in [1.54, 1.807) is 0 Å². The van der Waals surface area contributed by atoms with Gasteiger partial charge in [0, 0.05) is 31.9 Å². The van der Waals surface area contributed by atoms with Crippen LogP contribution in [0.2, 0.25) is 0 Å². The Morgan fingerprint density at radius 3 is 2.41 bits per heavy atom. The zero-order valence-electron chi connectivity index (χ0n) is 10.0. The second-order valence-corrected chi connectivity index (χ2v) is 4.45. The van der Waals surface area contributed by atoms with Crippen molar-refractivity contribution in [3.8, 4) is 0 Å². The van der Waals surface area contributed by atoms with Gasteiger partial charge in [0.2, 0.25) is 0 Å². The fourth-order valence-electron chi connectivity index (χ4n) is 2.32. The molecule has 0 saturated carbocycles. The third kappa shape index (κ3) is 2.70. The molecule has 1 aliphatic heterocycles. The summed E-state index contributed by atoms with van der Waals surface area (Å²) in [6.07, 6.45) is 1.00. The number of anilines is 1. The van der Waals surface area contributed by atoms with Gasteiger partial charge >= 0.3 is 6.09 Å². The molecule has 17 heavy (non-hydrogen) atoms. The predicted octanol–water partition coefficient (Wildman–Crippen LogP) is 2.27. The molecule has 0 aromatic heterocycles. The Balaban J connectivity index is 1.95. The number of hydrogen-bond acceptors (Lipinski definition) is 2. The third-order valence-corrected chi connectivity index (χ3v) is 3.45. The molecule has 1 saturated heterocycles. The topological polar surface area (TPSA) is 43.8 Å². The van der Waals surface area contributed by atoms with E-state index in [0.717, 1.165) is 12.8 Å². The van der Waals surface area contributed by atoms with Gasteiger partial charge in [-0.15, -0.1) is 0 Å². The minimum atomic E-state index is -0.800. The minimum absolute atomic E-state index is 0.438. The van der Waals surface area contributed by atoms with Crippen molar-refractivity contribution in [3.05, 3.63) is 30.3 Å². The molecule has 92 valence electrons. The summed E-state index contributed by atoms with van der Waals surface area (Å²) < 4.78 is 0. The molecule has 4 nitrogen and oxygen atoms in total. The molecule has 1 aromatic carbocycles. The van der Waals surface area contributed by atoms with Crippen LogP contribution in [0.3, 0.4) is 0 Å². The van der Waals surface area contributed by atoms with Crippen molar-refractivity contribution in [1.82, 2.24) is 4.90 Å². The molecule has 1 amide bonds. The molecule has 1 fully saturated rings. The minimum Gasteiger partial charge on any atom is -0.465 e. The standard InChI is InChI=1S/C13H18N2O2/c1-14(11-5-3-2-4-6-11)12-7-9-15(10-8-12)13(16)17/h2-6,12H,7-10H2,1H3,(H,16,17). The fraction of sp³-hybridized carbons (Fsp3) is 0.462. The highest BCUT2D eigenvalue weighted by Crippen LogP contribution is 2.21. The molecule has 1 heterocycles. The van der Waals surface area contributed by atoms with Gasteiger partial charge in [0.05, 0.1) is 0 Å². The van der Waals surface area contributed by atoms with E-state index in [2.05, 4.69) is 24.1 Å². The second-order valence-electron chi connectivity index (χ2n) is 4.45. The summed E-state index contributed by atoms with van der Waals surface area (Å²) in [6, 6.07) is 10.7. The van der Waals surface area contributed by atoms with Crippen LogP contribution in [0.1, 0.15) is 12.8 Å². The van der Waals surface area contributed by atoms with Crippen molar-refractivity contribution in [2.45, 2.75) is 18.9 Å². The van der Waals surface area contributed by atoms with Crippen molar-refractivity contribution in [2.24, 2.45) is 0 Å². The first-order valence-electron chi connectivity index (χ1n) is 5.94. The van der Waals surface area contributed by atoms with E-state index in [1.807, 2.05) is 18.2 Å². The normalized spacial score (nSPS) is 16.9. The van der Waals surface area contributed by atoms with Crippen LogP contribution < -0.4 is 4.90 Å². The molecule has 0 aliphatic carbocycles. The predicted molar refractivity (Wildman–Crippen MR) is 67.5 cm³/mol. The number of rotatable bonds is 2. The summed E-state index contributed by atoms with van der Waals surface area (Å²) in [4.78, 5) is 14.6. The lowest BCUT2D eigenvalue weighted by atomic mass is 10.0. The van der Waals surface area contributed by atoms with E-state index in [-0.39, 0.29) is 0 Å². The first-order chi connectivity index (χ1) is 8.18. The number of para-hydroxylation sites is 1. The number of likely N-dealkylation sites (tertiary alicyclic amines) is 1. The quantitative estimate of drug-likeness (QED) is 0.853. The van der Waals surface area contributed by atoms with Gasteiger partial charge in [-0.1, -0.05) is 18.2 Å². The summed E-state index contributed by atoms with van der Waals surface area (Å²) in [7, 11) is 2.08. The van der Waals surface area contributed by atoms with Crippen LogP contribution in [0.5, 0.6) is 0 Å². The Labute approximate surface area is 101 Å². The maximum atomic E-state index is 10.8. The van der Waals surface area contributed by atoms with Gasteiger partial charge in [-0.3, -0.25) is 0 Å². The van der Waals surface area contributed by atoms with E-state index in [9.17, 15) is 4.79 Å². The number of piperidine rings is 1. The Morgan fingerprint density at radius 2 is 1.88 bits per heavy atom. The SMILES string of the molecule is CN(c1ccccc1)C1CCN(C(=O)O)CC1. The Hall–Kier alpha value is -1.71. The highest BCUT2D eigenvalue weighted by Gasteiger charge is 2.24. The van der Waals surface area contributed by atoms with Crippen LogP contribution in [-0.4, -0.2) is 42.3 Å².